The van der Waals surface area contributed by atoms with E-state index in [2.05, 4.69) is 25.5 Å². The molecule has 1 aromatic carbocycles. The third-order valence-electron chi connectivity index (χ3n) is 2.82. The van der Waals surface area contributed by atoms with Crippen LogP contribution in [0.15, 0.2) is 48.8 Å². The monoisotopic (exact) mass is 282 g/mol. The second kappa shape index (κ2) is 5.41. The largest absolute Gasteiger partial charge is 0.382 e. The number of para-hydroxylation sites is 1. The number of aromatic amines is 1. The predicted octanol–water partition coefficient (Wildman–Crippen LogP) is 1.95. The number of aromatic nitrogens is 4. The second-order valence-corrected chi connectivity index (χ2v) is 4.28. The van der Waals surface area contributed by atoms with Gasteiger partial charge < -0.3 is 11.1 Å². The number of hydrogen-bond acceptors (Lipinski definition) is 5. The van der Waals surface area contributed by atoms with Crippen LogP contribution in [-0.4, -0.2) is 26.1 Å². The Morgan fingerprint density at radius 2 is 2.05 bits per heavy atom. The van der Waals surface area contributed by atoms with Crippen LogP contribution >= 0.6 is 0 Å². The zero-order valence-corrected chi connectivity index (χ0v) is 10.9. The number of H-pyrrole nitrogens is 1. The molecule has 0 aliphatic rings. The molecule has 0 aliphatic carbocycles. The van der Waals surface area contributed by atoms with Crippen LogP contribution in [0.1, 0.15) is 11.9 Å². The van der Waals surface area contributed by atoms with Crippen molar-refractivity contribution in [2.75, 3.05) is 11.1 Å². The Morgan fingerprint density at radius 1 is 1.24 bits per heavy atom. The number of nitrogens with zero attached hydrogens (tertiary/aromatic N) is 3. The summed E-state index contributed by atoms with van der Waals surface area (Å²) in [6, 6.07) is 10.8. The number of amides is 1. The number of carbonyl (C=O) groups is 1. The van der Waals surface area contributed by atoms with E-state index >= 15 is 0 Å². The predicted molar refractivity (Wildman–Crippen MR) is 80.5 cm³/mol. The number of nitrogen functional groups attached to an aromatic ring is 1. The molecule has 0 unspecified atom stereocenters. The molecule has 3 aromatic rings. The van der Waals surface area contributed by atoms with E-state index in [1.165, 1.54) is 6.20 Å². The van der Waals surface area contributed by atoms with Crippen LogP contribution in [0.4, 0.5) is 11.5 Å². The molecule has 0 aliphatic heterocycles. The van der Waals surface area contributed by atoms with E-state index < -0.39 is 5.91 Å². The van der Waals surface area contributed by atoms with Crippen LogP contribution in [0.25, 0.3) is 11.4 Å². The quantitative estimate of drug-likeness (QED) is 0.680. The lowest BCUT2D eigenvalue weighted by Gasteiger charge is -2.07. The molecule has 7 heteroatoms. The first-order valence-electron chi connectivity index (χ1n) is 6.22. The van der Waals surface area contributed by atoms with E-state index in [-0.39, 0.29) is 12.9 Å². The van der Waals surface area contributed by atoms with E-state index in [9.17, 15) is 4.79 Å². The third kappa shape index (κ3) is 2.71. The lowest BCUT2D eigenvalue weighted by atomic mass is 10.2. The molecule has 7 nitrogen and oxygen atoms in total. The summed E-state index contributed by atoms with van der Waals surface area (Å²) in [5.41, 5.74) is 7.64. The average Bonchev–Trinajstić information content (AvgIpc) is 3.03. The van der Waals surface area contributed by atoms with Crippen molar-refractivity contribution < 1.29 is 6.22 Å². The molecule has 0 bridgehead atoms. The van der Waals surface area contributed by atoms with Gasteiger partial charge in [-0.3, -0.25) is 9.89 Å². The minimum absolute atomic E-state index is 0. The van der Waals surface area contributed by atoms with E-state index in [1.807, 2.05) is 18.2 Å². The molecule has 106 valence electrons. The average molecular weight is 282 g/mol. The first-order valence-corrected chi connectivity index (χ1v) is 6.22. The van der Waals surface area contributed by atoms with Crippen molar-refractivity contribution in [3.8, 4) is 11.4 Å². The molecule has 4 N–H and O–H groups in total. The van der Waals surface area contributed by atoms with Gasteiger partial charge in [-0.15, -0.1) is 0 Å². The number of hydrogen-bond donors (Lipinski definition) is 3. The summed E-state index contributed by atoms with van der Waals surface area (Å²) >= 11 is 0. The lowest BCUT2D eigenvalue weighted by molar-refractivity contribution is 0.102. The summed E-state index contributed by atoms with van der Waals surface area (Å²) in [6.07, 6.45) is 3.08. The molecule has 0 spiro atoms. The van der Waals surface area contributed by atoms with E-state index in [4.69, 9.17) is 5.73 Å². The number of anilines is 2. The molecule has 21 heavy (non-hydrogen) atoms. The Kier molecular flexibility index (Phi) is 3.30. The fourth-order valence-corrected chi connectivity index (χ4v) is 1.81. The molecule has 0 atom stereocenters. The fraction of sp³-hybridized carbons (Fsp3) is 0. The Balaban J connectivity index is 0.00000176. The van der Waals surface area contributed by atoms with Crippen molar-refractivity contribution in [2.45, 2.75) is 0 Å². The summed E-state index contributed by atoms with van der Waals surface area (Å²) in [6.45, 7) is 0. The zero-order chi connectivity index (χ0) is 14.7. The lowest BCUT2D eigenvalue weighted by Crippen LogP contribution is -2.17. The Morgan fingerprint density at radius 3 is 2.76 bits per heavy atom. The summed E-state index contributed by atoms with van der Waals surface area (Å²) in [5, 5.41) is 9.33. The molecular formula is C14H14N6O. The van der Waals surface area contributed by atoms with E-state index in [0.717, 1.165) is 0 Å². The molecule has 1 amide bonds. The highest BCUT2D eigenvalue weighted by atomic mass is 16.1. The van der Waals surface area contributed by atoms with Crippen molar-refractivity contribution in [2.24, 2.45) is 0 Å². The number of carbonyl (C=O) groups excluding carboxylic acids is 1. The maximum absolute atomic E-state index is 12.2. The molecule has 2 heterocycles. The van der Waals surface area contributed by atoms with Gasteiger partial charge in [0, 0.05) is 13.3 Å². The Hall–Kier alpha value is -3.22. The molecule has 0 saturated heterocycles. The third-order valence-corrected chi connectivity index (χ3v) is 2.82. The molecule has 3 rings (SSSR count). The van der Waals surface area contributed by atoms with Gasteiger partial charge in [0.2, 0.25) is 0 Å². The van der Waals surface area contributed by atoms with Crippen LogP contribution in [0.5, 0.6) is 0 Å². The number of nitrogens with two attached hydrogens (primary N) is 1. The van der Waals surface area contributed by atoms with Gasteiger partial charge in [-0.05, 0) is 18.2 Å². The SMILES string of the molecule is Nc1ncc(-c2ccn[nH]2)nc1C(=O)Nc1ccccc1.[HH]. The van der Waals surface area contributed by atoms with Gasteiger partial charge in [0.15, 0.2) is 11.5 Å². The normalized spacial score (nSPS) is 10.3. The smallest absolute Gasteiger partial charge is 0.278 e. The molecule has 0 radical (unpaired) electrons. The van der Waals surface area contributed by atoms with Gasteiger partial charge >= 0.3 is 0 Å². The minimum atomic E-state index is -0.410. The van der Waals surface area contributed by atoms with Crippen LogP contribution in [-0.2, 0) is 0 Å². The van der Waals surface area contributed by atoms with Crippen molar-refractivity contribution in [1.82, 2.24) is 20.2 Å². The number of nitrogens with one attached hydrogen (secondary N) is 2. The fourth-order valence-electron chi connectivity index (χ4n) is 1.81. The molecule has 0 saturated carbocycles. The van der Waals surface area contributed by atoms with Crippen LogP contribution in [0.2, 0.25) is 0 Å². The number of benzene rings is 1. The minimum Gasteiger partial charge on any atom is -0.382 e. The van der Waals surface area contributed by atoms with Gasteiger partial charge in [0.25, 0.3) is 5.91 Å². The topological polar surface area (TPSA) is 110 Å². The second-order valence-electron chi connectivity index (χ2n) is 4.28. The van der Waals surface area contributed by atoms with Gasteiger partial charge in [-0.25, -0.2) is 9.97 Å². The van der Waals surface area contributed by atoms with Crippen molar-refractivity contribution in [3.05, 3.63) is 54.5 Å². The summed E-state index contributed by atoms with van der Waals surface area (Å²) in [5.74, 6) is -0.334. The van der Waals surface area contributed by atoms with Crippen LogP contribution < -0.4 is 11.1 Å². The zero-order valence-electron chi connectivity index (χ0n) is 10.9. The Bertz CT molecular complexity index is 760. The Labute approximate surface area is 121 Å². The van der Waals surface area contributed by atoms with Crippen molar-refractivity contribution in [3.63, 3.8) is 0 Å². The van der Waals surface area contributed by atoms with Gasteiger partial charge in [0.05, 0.1) is 11.9 Å². The van der Waals surface area contributed by atoms with E-state index in [0.29, 0.717) is 17.1 Å². The highest BCUT2D eigenvalue weighted by Crippen LogP contribution is 2.16. The van der Waals surface area contributed by atoms with Crippen molar-refractivity contribution in [1.29, 1.82) is 0 Å². The highest BCUT2D eigenvalue weighted by Gasteiger charge is 2.15. The standard InChI is InChI=1S/C14H12N6O.H2/c15-13-12(14(21)18-9-4-2-1-3-5-9)19-11(8-16-13)10-6-7-17-20-10;/h1-8H,(H2,15,16)(H,17,20)(H,18,21);1H. The first-order chi connectivity index (χ1) is 10.2. The van der Waals surface area contributed by atoms with Crippen LogP contribution in [0.3, 0.4) is 0 Å². The molecule has 0 fully saturated rings. The van der Waals surface area contributed by atoms with Gasteiger partial charge in [-0.1, -0.05) is 18.2 Å². The van der Waals surface area contributed by atoms with Gasteiger partial charge in [-0.2, -0.15) is 5.10 Å². The molecule has 2 aromatic heterocycles. The van der Waals surface area contributed by atoms with E-state index in [1.54, 1.807) is 24.4 Å². The summed E-state index contributed by atoms with van der Waals surface area (Å²) in [4.78, 5) is 20.5. The maximum atomic E-state index is 12.2. The summed E-state index contributed by atoms with van der Waals surface area (Å²) in [7, 11) is 0. The van der Waals surface area contributed by atoms with Gasteiger partial charge in [0.1, 0.15) is 5.69 Å². The molecular weight excluding hydrogens is 268 g/mol. The highest BCUT2D eigenvalue weighted by molar-refractivity contribution is 6.05. The maximum Gasteiger partial charge on any atom is 0.278 e. The van der Waals surface area contributed by atoms with Crippen LogP contribution in [0, 0.1) is 0 Å². The van der Waals surface area contributed by atoms with Crippen molar-refractivity contribution >= 4 is 17.4 Å². The summed E-state index contributed by atoms with van der Waals surface area (Å²) < 4.78 is 0. The first kappa shape index (κ1) is 12.8. The number of rotatable bonds is 3.